The quantitative estimate of drug-likeness (QED) is 0.760. The van der Waals surface area contributed by atoms with Gasteiger partial charge in [0.1, 0.15) is 5.75 Å². The average Bonchev–Trinajstić information content (AvgIpc) is 2.91. The highest BCUT2D eigenvalue weighted by Crippen LogP contribution is 2.36. The van der Waals surface area contributed by atoms with Crippen molar-refractivity contribution in [2.45, 2.75) is 50.4 Å². The number of nitrogens with zero attached hydrogens (tertiary/aromatic N) is 1. The van der Waals surface area contributed by atoms with Crippen LogP contribution in [-0.4, -0.2) is 35.2 Å². The summed E-state index contributed by atoms with van der Waals surface area (Å²) < 4.78 is 5.20. The van der Waals surface area contributed by atoms with E-state index in [9.17, 15) is 0 Å². The van der Waals surface area contributed by atoms with Crippen molar-refractivity contribution in [1.29, 1.82) is 0 Å². The summed E-state index contributed by atoms with van der Waals surface area (Å²) in [5.74, 6) is 0.849. The molecule has 2 atom stereocenters. The Balaban J connectivity index is 1.31. The van der Waals surface area contributed by atoms with Crippen LogP contribution in [0.5, 0.6) is 5.75 Å². The third kappa shape index (κ3) is 4.42. The maximum atomic E-state index is 5.54. The molecule has 0 unspecified atom stereocenters. The van der Waals surface area contributed by atoms with E-state index >= 15 is 0 Å². The highest BCUT2D eigenvalue weighted by molar-refractivity contribution is 7.80. The second-order valence-electron chi connectivity index (χ2n) is 7.54. The van der Waals surface area contributed by atoms with E-state index < -0.39 is 0 Å². The highest BCUT2D eigenvalue weighted by Gasteiger charge is 2.40. The molecule has 142 valence electrons. The zero-order valence-electron chi connectivity index (χ0n) is 15.7. The topological polar surface area (TPSA) is 36.5 Å². The standard InChI is InChI=1S/C22H27N3OS/c1-26-21-11-7-17(8-12-21)23-22(27)24-18-13-19-9-10-20(14-18)25(19)15-16-5-3-2-4-6-16/h2-8,11-12,18-20H,9-10,13-15H2,1H3,(H2,23,24,27)/t19-,20-/m0/s1. The van der Waals surface area contributed by atoms with E-state index in [4.69, 9.17) is 17.0 Å². The minimum atomic E-state index is 0.452. The average molecular weight is 382 g/mol. The lowest BCUT2D eigenvalue weighted by Gasteiger charge is -2.39. The summed E-state index contributed by atoms with van der Waals surface area (Å²) in [7, 11) is 1.67. The first-order valence-electron chi connectivity index (χ1n) is 9.72. The largest absolute Gasteiger partial charge is 0.497 e. The third-order valence-corrected chi connectivity index (χ3v) is 6.00. The van der Waals surface area contributed by atoms with Gasteiger partial charge in [0, 0.05) is 30.4 Å². The number of ether oxygens (including phenoxy) is 1. The number of hydrogen-bond acceptors (Lipinski definition) is 3. The van der Waals surface area contributed by atoms with Gasteiger partial charge >= 0.3 is 0 Å². The Labute approximate surface area is 166 Å². The summed E-state index contributed by atoms with van der Waals surface area (Å²) in [5, 5.41) is 7.55. The maximum absolute atomic E-state index is 5.54. The molecule has 2 aromatic rings. The molecule has 2 aliphatic heterocycles. The van der Waals surface area contributed by atoms with Crippen LogP contribution in [0.4, 0.5) is 5.69 Å². The molecule has 4 nitrogen and oxygen atoms in total. The van der Waals surface area contributed by atoms with Crippen LogP contribution < -0.4 is 15.4 Å². The molecule has 0 amide bonds. The fraction of sp³-hybridized carbons (Fsp3) is 0.409. The van der Waals surface area contributed by atoms with E-state index in [1.165, 1.54) is 18.4 Å². The fourth-order valence-electron chi connectivity index (χ4n) is 4.47. The number of rotatable bonds is 5. The molecule has 5 heteroatoms. The molecule has 27 heavy (non-hydrogen) atoms. The zero-order valence-corrected chi connectivity index (χ0v) is 16.5. The van der Waals surface area contributed by atoms with E-state index in [0.29, 0.717) is 23.2 Å². The van der Waals surface area contributed by atoms with Crippen LogP contribution in [0.1, 0.15) is 31.2 Å². The summed E-state index contributed by atoms with van der Waals surface area (Å²) >= 11 is 5.54. The maximum Gasteiger partial charge on any atom is 0.170 e. The van der Waals surface area contributed by atoms with E-state index in [2.05, 4.69) is 45.9 Å². The van der Waals surface area contributed by atoms with Crippen LogP contribution >= 0.6 is 12.2 Å². The van der Waals surface area contributed by atoms with Gasteiger partial charge in [0.25, 0.3) is 0 Å². The van der Waals surface area contributed by atoms with Crippen LogP contribution in [0.2, 0.25) is 0 Å². The molecule has 0 aliphatic carbocycles. The van der Waals surface area contributed by atoms with Crippen LogP contribution in [0.25, 0.3) is 0 Å². The van der Waals surface area contributed by atoms with Gasteiger partial charge in [0.05, 0.1) is 7.11 Å². The van der Waals surface area contributed by atoms with Crippen molar-refractivity contribution < 1.29 is 4.74 Å². The molecule has 0 spiro atoms. The molecule has 0 radical (unpaired) electrons. The van der Waals surface area contributed by atoms with Gasteiger partial charge in [-0.05, 0) is 67.7 Å². The Hall–Kier alpha value is -2.11. The number of hydrogen-bond donors (Lipinski definition) is 2. The first kappa shape index (κ1) is 18.3. The van der Waals surface area contributed by atoms with Gasteiger partial charge in [0.2, 0.25) is 0 Å². The van der Waals surface area contributed by atoms with E-state index in [-0.39, 0.29) is 0 Å². The second kappa shape index (κ2) is 8.28. The highest BCUT2D eigenvalue weighted by atomic mass is 32.1. The Bertz CT molecular complexity index is 751. The molecular formula is C22H27N3OS. The van der Waals surface area contributed by atoms with Crippen molar-refractivity contribution in [3.05, 3.63) is 60.2 Å². The molecule has 2 bridgehead atoms. The molecule has 2 saturated heterocycles. The smallest absolute Gasteiger partial charge is 0.170 e. The van der Waals surface area contributed by atoms with Gasteiger partial charge in [-0.15, -0.1) is 0 Å². The van der Waals surface area contributed by atoms with Crippen LogP contribution in [0.15, 0.2) is 54.6 Å². The molecule has 4 rings (SSSR count). The lowest BCUT2D eigenvalue weighted by atomic mass is 9.96. The fourth-order valence-corrected chi connectivity index (χ4v) is 4.76. The van der Waals surface area contributed by atoms with Crippen molar-refractivity contribution in [3.8, 4) is 5.75 Å². The monoisotopic (exact) mass is 381 g/mol. The van der Waals surface area contributed by atoms with Crippen molar-refractivity contribution in [1.82, 2.24) is 10.2 Å². The first-order valence-corrected chi connectivity index (χ1v) is 10.1. The van der Waals surface area contributed by atoms with Crippen molar-refractivity contribution >= 4 is 23.0 Å². The molecule has 2 N–H and O–H groups in total. The predicted octanol–water partition coefficient (Wildman–Crippen LogP) is 4.18. The molecule has 2 aromatic carbocycles. The number of piperidine rings is 1. The lowest BCUT2D eigenvalue weighted by Crippen LogP contribution is -2.50. The van der Waals surface area contributed by atoms with Gasteiger partial charge < -0.3 is 15.4 Å². The summed E-state index contributed by atoms with van der Waals surface area (Å²) in [6.45, 7) is 1.07. The normalized spacial score (nSPS) is 24.4. The Kier molecular flexibility index (Phi) is 5.60. The summed E-state index contributed by atoms with van der Waals surface area (Å²) in [6.07, 6.45) is 4.92. The van der Waals surface area contributed by atoms with Crippen molar-refractivity contribution in [3.63, 3.8) is 0 Å². The van der Waals surface area contributed by atoms with E-state index in [0.717, 1.165) is 30.8 Å². The Morgan fingerprint density at radius 1 is 1.04 bits per heavy atom. The number of benzene rings is 2. The van der Waals surface area contributed by atoms with Gasteiger partial charge in [-0.1, -0.05) is 30.3 Å². The van der Waals surface area contributed by atoms with Gasteiger partial charge in [0.15, 0.2) is 5.11 Å². The van der Waals surface area contributed by atoms with Crippen LogP contribution in [0, 0.1) is 0 Å². The van der Waals surface area contributed by atoms with Crippen LogP contribution in [-0.2, 0) is 6.54 Å². The summed E-state index contributed by atoms with van der Waals surface area (Å²) in [4.78, 5) is 2.70. The molecule has 0 saturated carbocycles. The third-order valence-electron chi connectivity index (χ3n) is 5.78. The Morgan fingerprint density at radius 2 is 1.70 bits per heavy atom. The predicted molar refractivity (Wildman–Crippen MR) is 114 cm³/mol. The van der Waals surface area contributed by atoms with Crippen molar-refractivity contribution in [2.24, 2.45) is 0 Å². The van der Waals surface area contributed by atoms with E-state index in [1.54, 1.807) is 7.11 Å². The van der Waals surface area contributed by atoms with Gasteiger partial charge in [-0.3, -0.25) is 4.90 Å². The molecule has 2 fully saturated rings. The number of anilines is 1. The summed E-state index contributed by atoms with van der Waals surface area (Å²) in [5.41, 5.74) is 2.40. The van der Waals surface area contributed by atoms with Crippen molar-refractivity contribution in [2.75, 3.05) is 12.4 Å². The Morgan fingerprint density at radius 3 is 2.33 bits per heavy atom. The van der Waals surface area contributed by atoms with Crippen LogP contribution in [0.3, 0.4) is 0 Å². The van der Waals surface area contributed by atoms with Gasteiger partial charge in [-0.2, -0.15) is 0 Å². The molecule has 2 heterocycles. The minimum absolute atomic E-state index is 0.452. The number of fused-ring (bicyclic) bond motifs is 2. The number of thiocarbonyl (C=S) groups is 1. The first-order chi connectivity index (χ1) is 13.2. The molecule has 0 aromatic heterocycles. The lowest BCUT2D eigenvalue weighted by molar-refractivity contribution is 0.115. The number of methoxy groups -OCH3 is 1. The number of nitrogens with one attached hydrogen (secondary N) is 2. The van der Waals surface area contributed by atoms with E-state index in [1.807, 2.05) is 24.3 Å². The van der Waals surface area contributed by atoms with Gasteiger partial charge in [-0.25, -0.2) is 0 Å². The minimum Gasteiger partial charge on any atom is -0.497 e. The second-order valence-corrected chi connectivity index (χ2v) is 7.95. The SMILES string of the molecule is COc1ccc(NC(=S)NC2C[C@@H]3CC[C@@H](C2)N3Cc2ccccc2)cc1. The summed E-state index contributed by atoms with van der Waals surface area (Å²) in [6, 6.07) is 20.4. The zero-order chi connectivity index (χ0) is 18.6. The molecule has 2 aliphatic rings. The molecular weight excluding hydrogens is 354 g/mol.